The van der Waals surface area contributed by atoms with Crippen LogP contribution in [0.2, 0.25) is 0 Å². The molecule has 0 spiro atoms. The Bertz CT molecular complexity index is 321. The number of hydrogen-bond donors (Lipinski definition) is 1. The SMILES string of the molecule is CCOC(=O)C(CO)c1ccc(F)cc1. The summed E-state index contributed by atoms with van der Waals surface area (Å²) in [5.74, 6) is -1.60. The van der Waals surface area contributed by atoms with E-state index in [1.54, 1.807) is 6.92 Å². The molecule has 15 heavy (non-hydrogen) atoms. The number of aliphatic hydroxyl groups excluding tert-OH is 1. The lowest BCUT2D eigenvalue weighted by Gasteiger charge is -2.12. The maximum absolute atomic E-state index is 12.6. The summed E-state index contributed by atoms with van der Waals surface area (Å²) in [6.45, 7) is 1.61. The number of rotatable bonds is 4. The van der Waals surface area contributed by atoms with Crippen molar-refractivity contribution in [2.45, 2.75) is 12.8 Å². The lowest BCUT2D eigenvalue weighted by Crippen LogP contribution is -2.19. The molecule has 0 aliphatic carbocycles. The van der Waals surface area contributed by atoms with Gasteiger partial charge in [-0.05, 0) is 24.6 Å². The average Bonchev–Trinajstić information content (AvgIpc) is 2.22. The van der Waals surface area contributed by atoms with Crippen LogP contribution in [0.3, 0.4) is 0 Å². The molecule has 0 heterocycles. The van der Waals surface area contributed by atoms with Crippen LogP contribution in [0.25, 0.3) is 0 Å². The molecule has 0 radical (unpaired) electrons. The van der Waals surface area contributed by atoms with Crippen LogP contribution in [0.5, 0.6) is 0 Å². The summed E-state index contributed by atoms with van der Waals surface area (Å²) in [6.07, 6.45) is 0. The van der Waals surface area contributed by atoms with Gasteiger partial charge in [0.25, 0.3) is 0 Å². The van der Waals surface area contributed by atoms with Crippen molar-refractivity contribution in [3.05, 3.63) is 35.6 Å². The molecular weight excluding hydrogens is 199 g/mol. The van der Waals surface area contributed by atoms with Gasteiger partial charge in [0.15, 0.2) is 0 Å². The van der Waals surface area contributed by atoms with Gasteiger partial charge in [0.1, 0.15) is 11.7 Å². The molecule has 4 heteroatoms. The Morgan fingerprint density at radius 2 is 2.07 bits per heavy atom. The number of carbonyl (C=O) groups is 1. The van der Waals surface area contributed by atoms with Gasteiger partial charge >= 0.3 is 5.97 Å². The topological polar surface area (TPSA) is 46.5 Å². The van der Waals surface area contributed by atoms with Gasteiger partial charge in [-0.15, -0.1) is 0 Å². The van der Waals surface area contributed by atoms with Crippen LogP contribution in [0.1, 0.15) is 18.4 Å². The molecule has 1 N–H and O–H groups in total. The maximum atomic E-state index is 12.6. The van der Waals surface area contributed by atoms with Gasteiger partial charge in [-0.3, -0.25) is 4.79 Å². The molecule has 1 unspecified atom stereocenters. The lowest BCUT2D eigenvalue weighted by molar-refractivity contribution is -0.145. The number of esters is 1. The minimum absolute atomic E-state index is 0.260. The van der Waals surface area contributed by atoms with E-state index < -0.39 is 11.9 Å². The Morgan fingerprint density at radius 3 is 2.53 bits per heavy atom. The van der Waals surface area contributed by atoms with Crippen LogP contribution in [0.4, 0.5) is 4.39 Å². The van der Waals surface area contributed by atoms with Crippen LogP contribution < -0.4 is 0 Å². The van der Waals surface area contributed by atoms with Gasteiger partial charge in [-0.25, -0.2) is 4.39 Å². The third-order valence-electron chi connectivity index (χ3n) is 2.03. The zero-order valence-electron chi connectivity index (χ0n) is 8.44. The quantitative estimate of drug-likeness (QED) is 0.769. The summed E-state index contributed by atoms with van der Waals surface area (Å²) in [6, 6.07) is 5.43. The van der Waals surface area contributed by atoms with E-state index in [1.807, 2.05) is 0 Å². The Kier molecular flexibility index (Phi) is 4.24. The number of carbonyl (C=O) groups excluding carboxylic acids is 1. The standard InChI is InChI=1S/C11H13FO3/c1-2-15-11(14)10(7-13)8-3-5-9(12)6-4-8/h3-6,10,13H,2,7H2,1H3. The van der Waals surface area contributed by atoms with Crippen molar-refractivity contribution in [1.82, 2.24) is 0 Å². The van der Waals surface area contributed by atoms with Crippen LogP contribution in [0, 0.1) is 5.82 Å². The van der Waals surface area contributed by atoms with E-state index in [2.05, 4.69) is 0 Å². The van der Waals surface area contributed by atoms with E-state index in [1.165, 1.54) is 24.3 Å². The summed E-state index contributed by atoms with van der Waals surface area (Å²) < 4.78 is 17.4. The van der Waals surface area contributed by atoms with Crippen LogP contribution in [-0.4, -0.2) is 24.3 Å². The van der Waals surface area contributed by atoms with Crippen molar-refractivity contribution in [1.29, 1.82) is 0 Å². The van der Waals surface area contributed by atoms with Gasteiger partial charge < -0.3 is 9.84 Å². The largest absolute Gasteiger partial charge is 0.465 e. The summed E-state index contributed by atoms with van der Waals surface area (Å²) in [7, 11) is 0. The Labute approximate surface area is 87.5 Å². The molecule has 0 saturated carbocycles. The van der Waals surface area contributed by atoms with E-state index in [0.29, 0.717) is 5.56 Å². The molecule has 1 rings (SSSR count). The molecule has 1 aromatic carbocycles. The highest BCUT2D eigenvalue weighted by molar-refractivity contribution is 5.78. The highest BCUT2D eigenvalue weighted by Crippen LogP contribution is 2.17. The molecule has 0 bridgehead atoms. The van der Waals surface area contributed by atoms with E-state index in [0.717, 1.165) is 0 Å². The van der Waals surface area contributed by atoms with E-state index >= 15 is 0 Å². The van der Waals surface area contributed by atoms with E-state index in [9.17, 15) is 9.18 Å². The number of benzene rings is 1. The van der Waals surface area contributed by atoms with Crippen molar-refractivity contribution in [2.24, 2.45) is 0 Å². The third-order valence-corrected chi connectivity index (χ3v) is 2.03. The smallest absolute Gasteiger partial charge is 0.315 e. The number of halogens is 1. The Morgan fingerprint density at radius 1 is 1.47 bits per heavy atom. The zero-order valence-corrected chi connectivity index (χ0v) is 8.44. The second-order valence-corrected chi connectivity index (χ2v) is 3.04. The molecule has 82 valence electrons. The van der Waals surface area contributed by atoms with Gasteiger partial charge in [-0.2, -0.15) is 0 Å². The molecule has 0 aliphatic rings. The lowest BCUT2D eigenvalue weighted by atomic mass is 10.0. The fraction of sp³-hybridized carbons (Fsp3) is 0.364. The van der Waals surface area contributed by atoms with Crippen LogP contribution >= 0.6 is 0 Å². The van der Waals surface area contributed by atoms with Crippen LogP contribution in [0.15, 0.2) is 24.3 Å². The third kappa shape index (κ3) is 3.02. The molecule has 3 nitrogen and oxygen atoms in total. The zero-order chi connectivity index (χ0) is 11.3. The fourth-order valence-electron chi connectivity index (χ4n) is 1.25. The van der Waals surface area contributed by atoms with Gasteiger partial charge in [0.2, 0.25) is 0 Å². The maximum Gasteiger partial charge on any atom is 0.315 e. The minimum Gasteiger partial charge on any atom is -0.465 e. The predicted molar refractivity (Wildman–Crippen MR) is 52.9 cm³/mol. The molecule has 0 aliphatic heterocycles. The highest BCUT2D eigenvalue weighted by atomic mass is 19.1. The first kappa shape index (κ1) is 11.7. The normalized spacial score (nSPS) is 12.2. The van der Waals surface area contributed by atoms with Crippen molar-refractivity contribution < 1.29 is 19.0 Å². The van der Waals surface area contributed by atoms with E-state index in [4.69, 9.17) is 9.84 Å². The van der Waals surface area contributed by atoms with Crippen molar-refractivity contribution in [3.63, 3.8) is 0 Å². The summed E-state index contributed by atoms with van der Waals surface area (Å²) in [5.41, 5.74) is 0.553. The molecule has 0 saturated heterocycles. The Balaban J connectivity index is 2.82. The summed E-state index contributed by atoms with van der Waals surface area (Å²) in [5, 5.41) is 9.05. The predicted octanol–water partition coefficient (Wildman–Crippen LogP) is 1.46. The van der Waals surface area contributed by atoms with Crippen molar-refractivity contribution in [3.8, 4) is 0 Å². The number of hydrogen-bond acceptors (Lipinski definition) is 3. The second-order valence-electron chi connectivity index (χ2n) is 3.04. The summed E-state index contributed by atoms with van der Waals surface area (Å²) >= 11 is 0. The van der Waals surface area contributed by atoms with Crippen LogP contribution in [-0.2, 0) is 9.53 Å². The Hall–Kier alpha value is -1.42. The first-order valence-electron chi connectivity index (χ1n) is 4.72. The van der Waals surface area contributed by atoms with Crippen molar-refractivity contribution in [2.75, 3.05) is 13.2 Å². The second kappa shape index (κ2) is 5.46. The first-order chi connectivity index (χ1) is 7.19. The van der Waals surface area contributed by atoms with Gasteiger partial charge in [0.05, 0.1) is 13.2 Å². The highest BCUT2D eigenvalue weighted by Gasteiger charge is 2.20. The summed E-state index contributed by atoms with van der Waals surface area (Å²) in [4.78, 5) is 11.4. The van der Waals surface area contributed by atoms with Gasteiger partial charge in [-0.1, -0.05) is 12.1 Å². The molecular formula is C11H13FO3. The molecule has 0 fully saturated rings. The molecule has 0 amide bonds. The molecule has 1 aromatic rings. The minimum atomic E-state index is -0.731. The molecule has 0 aromatic heterocycles. The first-order valence-corrected chi connectivity index (χ1v) is 4.72. The van der Waals surface area contributed by atoms with Crippen molar-refractivity contribution >= 4 is 5.97 Å². The number of ether oxygens (including phenoxy) is 1. The van der Waals surface area contributed by atoms with E-state index in [-0.39, 0.29) is 19.0 Å². The number of aliphatic hydroxyl groups is 1. The average molecular weight is 212 g/mol. The fourth-order valence-corrected chi connectivity index (χ4v) is 1.25. The van der Waals surface area contributed by atoms with Gasteiger partial charge in [0, 0.05) is 0 Å². The molecule has 1 atom stereocenters. The monoisotopic (exact) mass is 212 g/mol.